The number of rotatable bonds is 2. The molecule has 0 bridgehead atoms. The van der Waals surface area contributed by atoms with Crippen LogP contribution in [0.25, 0.3) is 0 Å². The summed E-state index contributed by atoms with van der Waals surface area (Å²) >= 11 is 0. The van der Waals surface area contributed by atoms with Crippen molar-refractivity contribution in [3.8, 4) is 0 Å². The van der Waals surface area contributed by atoms with Crippen molar-refractivity contribution in [2.24, 2.45) is 17.6 Å². The first kappa shape index (κ1) is 11.5. The van der Waals surface area contributed by atoms with Gasteiger partial charge in [0.15, 0.2) is 0 Å². The zero-order chi connectivity index (χ0) is 10.7. The van der Waals surface area contributed by atoms with Crippen molar-refractivity contribution in [2.75, 3.05) is 13.1 Å². The number of nitrogens with zero attached hydrogens (tertiary/aromatic N) is 1. The Balaban J connectivity index is 2.60. The fourth-order valence-corrected chi connectivity index (χ4v) is 2.01. The van der Waals surface area contributed by atoms with Gasteiger partial charge in [-0.25, -0.2) is 0 Å². The Kier molecular flexibility index (Phi) is 3.93. The van der Waals surface area contributed by atoms with Gasteiger partial charge in [0.05, 0.1) is 0 Å². The van der Waals surface area contributed by atoms with Crippen molar-refractivity contribution in [2.45, 2.75) is 39.7 Å². The summed E-state index contributed by atoms with van der Waals surface area (Å²) in [6.45, 7) is 7.61. The monoisotopic (exact) mass is 198 g/mol. The highest BCUT2D eigenvalue weighted by atomic mass is 16.2. The molecule has 0 aromatic heterocycles. The molecule has 0 spiro atoms. The second kappa shape index (κ2) is 4.78. The first-order valence-electron chi connectivity index (χ1n) is 5.56. The highest BCUT2D eigenvalue weighted by Gasteiger charge is 2.29. The predicted octanol–water partition coefficient (Wildman–Crippen LogP) is 1.23. The summed E-state index contributed by atoms with van der Waals surface area (Å²) in [6.07, 6.45) is 2.26. The summed E-state index contributed by atoms with van der Waals surface area (Å²) in [6, 6.07) is 0.396. The molecule has 1 aliphatic rings. The van der Waals surface area contributed by atoms with Gasteiger partial charge in [-0.1, -0.05) is 13.8 Å². The summed E-state index contributed by atoms with van der Waals surface area (Å²) in [7, 11) is 0. The van der Waals surface area contributed by atoms with E-state index in [1.165, 1.54) is 6.42 Å². The van der Waals surface area contributed by atoms with Crippen LogP contribution < -0.4 is 5.73 Å². The van der Waals surface area contributed by atoms with Crippen LogP contribution in [0.4, 0.5) is 0 Å². The average Bonchev–Trinajstić information content (AvgIpc) is 2.17. The molecular weight excluding hydrogens is 176 g/mol. The van der Waals surface area contributed by atoms with Crippen molar-refractivity contribution < 1.29 is 4.79 Å². The summed E-state index contributed by atoms with van der Waals surface area (Å²) in [5, 5.41) is 0. The topological polar surface area (TPSA) is 46.3 Å². The van der Waals surface area contributed by atoms with E-state index in [1.807, 2.05) is 18.7 Å². The molecule has 1 amide bonds. The molecule has 3 nitrogen and oxygen atoms in total. The van der Waals surface area contributed by atoms with Crippen molar-refractivity contribution >= 4 is 5.91 Å². The van der Waals surface area contributed by atoms with Crippen molar-refractivity contribution in [3.05, 3.63) is 0 Å². The second-order valence-electron chi connectivity index (χ2n) is 4.67. The number of hydrogen-bond donors (Lipinski definition) is 1. The molecule has 0 saturated carbocycles. The van der Waals surface area contributed by atoms with Crippen LogP contribution in [0.15, 0.2) is 0 Å². The minimum absolute atomic E-state index is 0.106. The molecule has 0 radical (unpaired) electrons. The first-order valence-corrected chi connectivity index (χ1v) is 5.56. The third-order valence-electron chi connectivity index (χ3n) is 3.09. The molecule has 0 aliphatic carbocycles. The molecule has 1 aliphatic heterocycles. The molecule has 1 saturated heterocycles. The van der Waals surface area contributed by atoms with Crippen molar-refractivity contribution in [1.29, 1.82) is 0 Å². The lowest BCUT2D eigenvalue weighted by atomic mass is 9.92. The maximum atomic E-state index is 11.9. The van der Waals surface area contributed by atoms with Gasteiger partial charge in [-0.15, -0.1) is 0 Å². The van der Waals surface area contributed by atoms with Crippen LogP contribution in [-0.2, 0) is 4.79 Å². The number of amides is 1. The standard InChI is InChI=1S/C11H22N2O/c1-8(2)11(14)13-7-10(6-12)5-4-9(13)3/h8-10H,4-7,12H2,1-3H3. The Bertz CT molecular complexity index is 203. The first-order chi connectivity index (χ1) is 6.56. The van der Waals surface area contributed by atoms with Gasteiger partial charge in [0.25, 0.3) is 0 Å². The van der Waals surface area contributed by atoms with E-state index in [2.05, 4.69) is 6.92 Å². The highest BCUT2D eigenvalue weighted by molar-refractivity contribution is 5.78. The van der Waals surface area contributed by atoms with Gasteiger partial charge in [0.2, 0.25) is 5.91 Å². The molecule has 82 valence electrons. The lowest BCUT2D eigenvalue weighted by Gasteiger charge is -2.38. The molecule has 1 heterocycles. The summed E-state index contributed by atoms with van der Waals surface area (Å²) in [4.78, 5) is 13.9. The smallest absolute Gasteiger partial charge is 0.225 e. The molecular formula is C11H22N2O. The zero-order valence-electron chi connectivity index (χ0n) is 9.49. The van der Waals surface area contributed by atoms with Crippen LogP contribution in [0.5, 0.6) is 0 Å². The fourth-order valence-electron chi connectivity index (χ4n) is 2.01. The maximum Gasteiger partial charge on any atom is 0.225 e. The Hall–Kier alpha value is -0.570. The number of carbonyl (C=O) groups is 1. The summed E-state index contributed by atoms with van der Waals surface area (Å²) in [5.74, 6) is 0.888. The van der Waals surface area contributed by atoms with Crippen LogP contribution in [-0.4, -0.2) is 29.9 Å². The minimum Gasteiger partial charge on any atom is -0.339 e. The highest BCUT2D eigenvalue weighted by Crippen LogP contribution is 2.22. The molecule has 2 atom stereocenters. The number of hydrogen-bond acceptors (Lipinski definition) is 2. The van der Waals surface area contributed by atoms with Crippen molar-refractivity contribution in [1.82, 2.24) is 4.90 Å². The van der Waals surface area contributed by atoms with E-state index in [0.717, 1.165) is 13.0 Å². The van der Waals surface area contributed by atoms with Gasteiger partial charge in [0.1, 0.15) is 0 Å². The summed E-state index contributed by atoms with van der Waals surface area (Å²) in [5.41, 5.74) is 5.65. The van der Waals surface area contributed by atoms with Crippen LogP contribution >= 0.6 is 0 Å². The van der Waals surface area contributed by atoms with Gasteiger partial charge in [0, 0.05) is 18.5 Å². The normalized spacial score (nSPS) is 28.2. The third-order valence-corrected chi connectivity index (χ3v) is 3.09. The predicted molar refractivity (Wildman–Crippen MR) is 57.8 cm³/mol. The van der Waals surface area contributed by atoms with Gasteiger partial charge in [-0.2, -0.15) is 0 Å². The van der Waals surface area contributed by atoms with Gasteiger partial charge in [-0.05, 0) is 32.2 Å². The quantitative estimate of drug-likeness (QED) is 0.725. The zero-order valence-corrected chi connectivity index (χ0v) is 9.49. The van der Waals surface area contributed by atoms with Gasteiger partial charge in [-0.3, -0.25) is 4.79 Å². The molecule has 3 heteroatoms. The lowest BCUT2D eigenvalue weighted by Crippen LogP contribution is -2.48. The van der Waals surface area contributed by atoms with Gasteiger partial charge < -0.3 is 10.6 Å². The molecule has 2 N–H and O–H groups in total. The number of piperidine rings is 1. The molecule has 14 heavy (non-hydrogen) atoms. The van der Waals surface area contributed by atoms with E-state index in [-0.39, 0.29) is 11.8 Å². The minimum atomic E-state index is 0.106. The second-order valence-corrected chi connectivity index (χ2v) is 4.67. The van der Waals surface area contributed by atoms with E-state index in [9.17, 15) is 4.79 Å². The number of carbonyl (C=O) groups excluding carboxylic acids is 1. The molecule has 1 rings (SSSR count). The average molecular weight is 198 g/mol. The third kappa shape index (κ3) is 2.47. The van der Waals surface area contributed by atoms with Crippen LogP contribution in [0.1, 0.15) is 33.6 Å². The van der Waals surface area contributed by atoms with E-state index in [0.29, 0.717) is 18.5 Å². The molecule has 2 unspecified atom stereocenters. The number of likely N-dealkylation sites (tertiary alicyclic amines) is 1. The van der Waals surface area contributed by atoms with Crippen LogP contribution in [0.3, 0.4) is 0 Å². The van der Waals surface area contributed by atoms with Gasteiger partial charge >= 0.3 is 0 Å². The van der Waals surface area contributed by atoms with Crippen LogP contribution in [0.2, 0.25) is 0 Å². The molecule has 1 fully saturated rings. The van der Waals surface area contributed by atoms with E-state index in [4.69, 9.17) is 5.73 Å². The summed E-state index contributed by atoms with van der Waals surface area (Å²) < 4.78 is 0. The number of nitrogens with two attached hydrogens (primary N) is 1. The van der Waals surface area contributed by atoms with Crippen LogP contribution in [0, 0.1) is 11.8 Å². The Morgan fingerprint density at radius 1 is 1.50 bits per heavy atom. The van der Waals surface area contributed by atoms with E-state index >= 15 is 0 Å². The van der Waals surface area contributed by atoms with E-state index in [1.54, 1.807) is 0 Å². The molecule has 0 aromatic carbocycles. The fraction of sp³-hybridized carbons (Fsp3) is 0.909. The van der Waals surface area contributed by atoms with E-state index < -0.39 is 0 Å². The largest absolute Gasteiger partial charge is 0.339 e. The Morgan fingerprint density at radius 3 is 2.64 bits per heavy atom. The Labute approximate surface area is 86.6 Å². The maximum absolute atomic E-state index is 11.9. The lowest BCUT2D eigenvalue weighted by molar-refractivity contribution is -0.138. The van der Waals surface area contributed by atoms with Crippen molar-refractivity contribution in [3.63, 3.8) is 0 Å². The Morgan fingerprint density at radius 2 is 2.14 bits per heavy atom. The molecule has 0 aromatic rings. The SMILES string of the molecule is CC(C)C(=O)N1CC(CN)CCC1C.